The summed E-state index contributed by atoms with van der Waals surface area (Å²) in [6.45, 7) is 0.0999. The van der Waals surface area contributed by atoms with Crippen molar-refractivity contribution in [1.82, 2.24) is 0 Å². The summed E-state index contributed by atoms with van der Waals surface area (Å²) in [6, 6.07) is 31.5. The number of hydrogen-bond acceptors (Lipinski definition) is 14. The molecule has 0 fully saturated rings. The highest BCUT2D eigenvalue weighted by Crippen LogP contribution is 2.28. The van der Waals surface area contributed by atoms with Gasteiger partial charge in [-0.25, -0.2) is 0 Å². The van der Waals surface area contributed by atoms with E-state index < -0.39 is 5.24 Å². The van der Waals surface area contributed by atoms with Gasteiger partial charge >= 0.3 is 0 Å². The molecule has 0 saturated heterocycles. The van der Waals surface area contributed by atoms with Crippen LogP contribution in [0.25, 0.3) is 18.2 Å². The van der Waals surface area contributed by atoms with Crippen molar-refractivity contribution in [3.05, 3.63) is 155 Å². The Hall–Kier alpha value is -5.10. The van der Waals surface area contributed by atoms with Crippen molar-refractivity contribution in [2.24, 2.45) is 0 Å². The molecule has 0 unspecified atom stereocenters. The average molecular weight is 767 g/mol. The molecule has 4 rings (SSSR count). The Morgan fingerprint density at radius 2 is 0.944 bits per heavy atom. The van der Waals surface area contributed by atoms with Crippen LogP contribution in [0.5, 0.6) is 5.75 Å². The third-order valence-corrected chi connectivity index (χ3v) is 6.88. The number of carbonyl (C=O) groups excluding carboxylic acids is 1. The van der Waals surface area contributed by atoms with Gasteiger partial charge in [0.05, 0.1) is 26.4 Å². The predicted molar refractivity (Wildman–Crippen MR) is 193 cm³/mol. The number of hydrogen-bond donors (Lipinski definition) is 0. The van der Waals surface area contributed by atoms with Gasteiger partial charge in [0.15, 0.2) is 5.75 Å². The standard InChI is InChI=1S/C39H39ClO14/c40-39(41)35-28-36(30-42-22-24-48-52-45-19-16-32-10-4-1-5-11-32)37(31-43-23-25-49-53-46-20-17-33-12-6-2-7-13-33)38(29-35)51-44-26-27-50-54-47-21-18-34-14-8-3-9-15-34/h1-21,28-29H,22-27,30-31H2. The van der Waals surface area contributed by atoms with Crippen molar-refractivity contribution in [3.8, 4) is 5.75 Å². The number of halogens is 1. The van der Waals surface area contributed by atoms with Gasteiger partial charge < -0.3 is 29.0 Å². The minimum absolute atomic E-state index is 0.00529. The zero-order valence-corrected chi connectivity index (χ0v) is 29.8. The van der Waals surface area contributed by atoms with Crippen LogP contribution >= 0.6 is 11.6 Å². The van der Waals surface area contributed by atoms with E-state index in [2.05, 4.69) is 10.1 Å². The summed E-state index contributed by atoms with van der Waals surface area (Å²) >= 11 is 5.83. The Bertz CT molecular complexity index is 1600. The van der Waals surface area contributed by atoms with Crippen LogP contribution in [-0.4, -0.2) is 44.9 Å². The largest absolute Gasteiger partial charge is 0.374 e. The van der Waals surface area contributed by atoms with E-state index >= 15 is 0 Å². The Morgan fingerprint density at radius 1 is 0.519 bits per heavy atom. The van der Waals surface area contributed by atoms with Crippen LogP contribution in [0.4, 0.5) is 0 Å². The highest BCUT2D eigenvalue weighted by Gasteiger charge is 2.17. The molecule has 0 atom stereocenters. The molecular formula is C39H39ClO14. The van der Waals surface area contributed by atoms with E-state index in [0.29, 0.717) is 11.1 Å². The maximum Gasteiger partial charge on any atom is 0.252 e. The second-order valence-electron chi connectivity index (χ2n) is 10.5. The molecule has 15 heteroatoms. The molecule has 286 valence electrons. The van der Waals surface area contributed by atoms with Gasteiger partial charge in [0.2, 0.25) is 0 Å². The highest BCUT2D eigenvalue weighted by atomic mass is 35.5. The van der Waals surface area contributed by atoms with Crippen molar-refractivity contribution in [2.75, 3.05) is 39.6 Å². The van der Waals surface area contributed by atoms with Gasteiger partial charge in [0, 0.05) is 11.1 Å². The van der Waals surface area contributed by atoms with Gasteiger partial charge in [-0.15, -0.1) is 0 Å². The van der Waals surface area contributed by atoms with E-state index in [0.717, 1.165) is 16.7 Å². The first-order chi connectivity index (χ1) is 26.7. The summed E-state index contributed by atoms with van der Waals surface area (Å²) in [6.07, 6.45) is 9.10. The fourth-order valence-electron chi connectivity index (χ4n) is 4.16. The Morgan fingerprint density at radius 3 is 1.41 bits per heavy atom. The molecular weight excluding hydrogens is 728 g/mol. The molecule has 0 spiro atoms. The number of carbonyl (C=O) groups is 1. The van der Waals surface area contributed by atoms with Crippen LogP contribution in [0.2, 0.25) is 0 Å². The minimum Gasteiger partial charge on any atom is -0.374 e. The Labute approximate surface area is 316 Å². The molecule has 0 N–H and O–H groups in total. The molecule has 0 aliphatic rings. The quantitative estimate of drug-likeness (QED) is 0.0181. The first-order valence-electron chi connectivity index (χ1n) is 16.5. The van der Waals surface area contributed by atoms with Crippen LogP contribution < -0.4 is 4.89 Å². The normalized spacial score (nSPS) is 11.4. The molecule has 0 aliphatic carbocycles. The number of ether oxygens (including phenoxy) is 2. The number of benzene rings is 4. The van der Waals surface area contributed by atoms with Gasteiger partial charge in [-0.3, -0.25) is 4.79 Å². The van der Waals surface area contributed by atoms with Crippen molar-refractivity contribution < 1.29 is 68.5 Å². The van der Waals surface area contributed by atoms with Crippen LogP contribution in [0.15, 0.2) is 122 Å². The molecule has 0 bridgehead atoms. The lowest BCUT2D eigenvalue weighted by atomic mass is 10.0. The lowest BCUT2D eigenvalue weighted by Crippen LogP contribution is -2.12. The SMILES string of the molecule is O=C(Cl)c1cc(COCCOOOC=Cc2ccccc2)c(COCCOOOC=Cc2ccccc2)c(OOCCOOOC=Cc2ccccc2)c1. The van der Waals surface area contributed by atoms with Crippen molar-refractivity contribution >= 4 is 35.1 Å². The van der Waals surface area contributed by atoms with E-state index in [4.69, 9.17) is 65.2 Å². The van der Waals surface area contributed by atoms with E-state index in [1.165, 1.54) is 24.9 Å². The monoisotopic (exact) mass is 766 g/mol. The second kappa shape index (κ2) is 26.6. The van der Waals surface area contributed by atoms with Crippen LogP contribution in [-0.2, 0) is 72.0 Å². The van der Waals surface area contributed by atoms with Crippen molar-refractivity contribution in [2.45, 2.75) is 13.2 Å². The predicted octanol–water partition coefficient (Wildman–Crippen LogP) is 8.06. The summed E-state index contributed by atoms with van der Waals surface area (Å²) in [5.41, 5.74) is 3.92. The molecule has 0 aromatic heterocycles. The zero-order valence-electron chi connectivity index (χ0n) is 29.0. The van der Waals surface area contributed by atoms with E-state index in [1.54, 1.807) is 24.3 Å². The van der Waals surface area contributed by atoms with Crippen LogP contribution in [0.1, 0.15) is 38.2 Å². The fraction of sp³-hybridized carbons (Fsp3) is 0.205. The van der Waals surface area contributed by atoms with Gasteiger partial charge in [0.1, 0.15) is 45.2 Å². The molecule has 54 heavy (non-hydrogen) atoms. The van der Waals surface area contributed by atoms with Crippen LogP contribution in [0.3, 0.4) is 0 Å². The van der Waals surface area contributed by atoms with E-state index in [-0.39, 0.29) is 64.2 Å². The summed E-state index contributed by atoms with van der Waals surface area (Å²) in [4.78, 5) is 52.5. The molecule has 0 amide bonds. The molecule has 0 saturated carbocycles. The minimum atomic E-state index is -0.727. The third kappa shape index (κ3) is 17.6. The Kier molecular flexibility index (Phi) is 20.5. The topological polar surface area (TPSA) is 137 Å². The smallest absolute Gasteiger partial charge is 0.252 e. The van der Waals surface area contributed by atoms with Gasteiger partial charge in [0.25, 0.3) is 5.24 Å². The maximum absolute atomic E-state index is 12.2. The summed E-state index contributed by atoms with van der Waals surface area (Å²) in [7, 11) is 0. The summed E-state index contributed by atoms with van der Waals surface area (Å²) in [5.74, 6) is 0.146. The van der Waals surface area contributed by atoms with Gasteiger partial charge in [-0.1, -0.05) is 91.0 Å². The second-order valence-corrected chi connectivity index (χ2v) is 10.8. The molecule has 14 nitrogen and oxygen atoms in total. The van der Waals surface area contributed by atoms with E-state index in [1.807, 2.05) is 91.0 Å². The lowest BCUT2D eigenvalue weighted by molar-refractivity contribution is -0.492. The molecule has 4 aromatic carbocycles. The molecule has 4 aromatic rings. The van der Waals surface area contributed by atoms with Gasteiger partial charge in [-0.2, -0.15) is 19.6 Å². The summed E-state index contributed by atoms with van der Waals surface area (Å²) < 4.78 is 11.5. The summed E-state index contributed by atoms with van der Waals surface area (Å²) in [5, 5.41) is 13.3. The molecule has 0 radical (unpaired) electrons. The van der Waals surface area contributed by atoms with Crippen LogP contribution in [0, 0.1) is 0 Å². The van der Waals surface area contributed by atoms with Crippen molar-refractivity contribution in [3.63, 3.8) is 0 Å². The lowest BCUT2D eigenvalue weighted by Gasteiger charge is -2.16. The average Bonchev–Trinajstić information content (AvgIpc) is 3.20. The third-order valence-electron chi connectivity index (χ3n) is 6.66. The number of rotatable bonds is 28. The fourth-order valence-corrected chi connectivity index (χ4v) is 4.27. The zero-order chi connectivity index (χ0) is 37.7. The van der Waals surface area contributed by atoms with Crippen molar-refractivity contribution in [1.29, 1.82) is 0 Å². The first-order valence-corrected chi connectivity index (χ1v) is 16.9. The Balaban J connectivity index is 1.23. The molecule has 0 heterocycles. The molecule has 0 aliphatic heterocycles. The maximum atomic E-state index is 12.2. The van der Waals surface area contributed by atoms with E-state index in [9.17, 15) is 4.79 Å². The van der Waals surface area contributed by atoms with Gasteiger partial charge in [-0.05, 0) is 79.3 Å². The highest BCUT2D eigenvalue weighted by molar-refractivity contribution is 6.67. The first kappa shape index (κ1) is 41.7.